The largest absolute Gasteiger partial charge is 0.387 e. The number of pyridine rings is 1. The van der Waals surface area contributed by atoms with Gasteiger partial charge in [0.1, 0.15) is 5.82 Å². The zero-order chi connectivity index (χ0) is 12.5. The molecular formula is C14H22FNO. The molecule has 2 nitrogen and oxygen atoms in total. The fourth-order valence-electron chi connectivity index (χ4n) is 1.85. The highest BCUT2D eigenvalue weighted by atomic mass is 19.1. The van der Waals surface area contributed by atoms with Crippen molar-refractivity contribution in [2.24, 2.45) is 0 Å². The summed E-state index contributed by atoms with van der Waals surface area (Å²) in [5.74, 6) is -0.361. The number of aliphatic hydroxyl groups is 1. The number of hydrogen-bond donors (Lipinski definition) is 1. The Morgan fingerprint density at radius 1 is 1.18 bits per heavy atom. The third-order valence-corrected chi connectivity index (χ3v) is 2.92. The van der Waals surface area contributed by atoms with E-state index in [-0.39, 0.29) is 5.82 Å². The zero-order valence-electron chi connectivity index (χ0n) is 10.5. The summed E-state index contributed by atoms with van der Waals surface area (Å²) in [7, 11) is 0. The summed E-state index contributed by atoms with van der Waals surface area (Å²) in [5, 5.41) is 9.83. The molecule has 1 unspecified atom stereocenters. The minimum atomic E-state index is -0.554. The van der Waals surface area contributed by atoms with E-state index in [9.17, 15) is 9.50 Å². The fourth-order valence-corrected chi connectivity index (χ4v) is 1.85. The average Bonchev–Trinajstić information content (AvgIpc) is 2.34. The number of rotatable bonds is 8. The van der Waals surface area contributed by atoms with Crippen molar-refractivity contribution < 1.29 is 9.50 Å². The van der Waals surface area contributed by atoms with Crippen LogP contribution in [0.4, 0.5) is 4.39 Å². The van der Waals surface area contributed by atoms with Crippen molar-refractivity contribution in [2.45, 2.75) is 58.0 Å². The highest BCUT2D eigenvalue weighted by Crippen LogP contribution is 2.18. The van der Waals surface area contributed by atoms with Crippen molar-refractivity contribution in [1.29, 1.82) is 0 Å². The standard InChI is InChI=1S/C14H22FNO/c1-2-3-4-5-6-7-8-14(17)13-10-9-12(15)11-16-13/h9-11,14,17H,2-8H2,1H3. The van der Waals surface area contributed by atoms with Gasteiger partial charge in [-0.2, -0.15) is 0 Å². The summed E-state index contributed by atoms with van der Waals surface area (Å²) in [6, 6.07) is 2.89. The maximum atomic E-state index is 12.6. The molecule has 3 heteroatoms. The van der Waals surface area contributed by atoms with Gasteiger partial charge in [0.2, 0.25) is 0 Å². The van der Waals surface area contributed by atoms with Crippen LogP contribution >= 0.6 is 0 Å². The first-order valence-corrected chi connectivity index (χ1v) is 6.53. The topological polar surface area (TPSA) is 33.1 Å². The second-order valence-corrected chi connectivity index (χ2v) is 4.47. The van der Waals surface area contributed by atoms with Crippen LogP contribution in [-0.2, 0) is 0 Å². The van der Waals surface area contributed by atoms with Crippen LogP contribution in [-0.4, -0.2) is 10.1 Å². The van der Waals surface area contributed by atoms with Gasteiger partial charge in [0.25, 0.3) is 0 Å². The molecule has 1 aromatic rings. The highest BCUT2D eigenvalue weighted by Gasteiger charge is 2.08. The van der Waals surface area contributed by atoms with E-state index in [4.69, 9.17) is 0 Å². The Hall–Kier alpha value is -0.960. The monoisotopic (exact) mass is 239 g/mol. The second-order valence-electron chi connectivity index (χ2n) is 4.47. The maximum Gasteiger partial charge on any atom is 0.141 e. The van der Waals surface area contributed by atoms with Crippen molar-refractivity contribution in [3.05, 3.63) is 29.8 Å². The smallest absolute Gasteiger partial charge is 0.141 e. The number of unbranched alkanes of at least 4 members (excludes halogenated alkanes) is 5. The third kappa shape index (κ3) is 5.78. The summed E-state index contributed by atoms with van der Waals surface area (Å²) < 4.78 is 12.6. The molecule has 0 fully saturated rings. The Kier molecular flexibility index (Phi) is 6.78. The molecule has 0 aromatic carbocycles. The van der Waals surface area contributed by atoms with E-state index < -0.39 is 6.10 Å². The highest BCUT2D eigenvalue weighted by molar-refractivity contribution is 5.07. The van der Waals surface area contributed by atoms with Crippen LogP contribution in [0.5, 0.6) is 0 Å². The quantitative estimate of drug-likeness (QED) is 0.695. The second kappa shape index (κ2) is 8.18. The third-order valence-electron chi connectivity index (χ3n) is 2.92. The average molecular weight is 239 g/mol. The van der Waals surface area contributed by atoms with Crippen LogP contribution in [0.25, 0.3) is 0 Å². The number of aliphatic hydroxyl groups excluding tert-OH is 1. The van der Waals surface area contributed by atoms with Crippen molar-refractivity contribution in [3.8, 4) is 0 Å². The molecule has 0 saturated heterocycles. The summed E-state index contributed by atoms with van der Waals surface area (Å²) >= 11 is 0. The maximum absolute atomic E-state index is 12.6. The molecule has 1 heterocycles. The van der Waals surface area contributed by atoms with Crippen molar-refractivity contribution >= 4 is 0 Å². The van der Waals surface area contributed by atoms with Gasteiger partial charge >= 0.3 is 0 Å². The molecule has 0 spiro atoms. The zero-order valence-corrected chi connectivity index (χ0v) is 10.5. The minimum Gasteiger partial charge on any atom is -0.387 e. The summed E-state index contributed by atoms with van der Waals surface area (Å²) in [4.78, 5) is 3.88. The summed E-state index contributed by atoms with van der Waals surface area (Å²) in [5.41, 5.74) is 0.569. The predicted molar refractivity (Wildman–Crippen MR) is 67.1 cm³/mol. The Balaban J connectivity index is 2.16. The van der Waals surface area contributed by atoms with Crippen molar-refractivity contribution in [2.75, 3.05) is 0 Å². The molecule has 0 bridgehead atoms. The number of halogens is 1. The Bertz CT molecular complexity index is 300. The molecule has 0 saturated carbocycles. The Labute approximate surface area is 103 Å². The molecule has 0 amide bonds. The number of hydrogen-bond acceptors (Lipinski definition) is 2. The predicted octanol–water partition coefficient (Wildman–Crippen LogP) is 4.00. The van der Waals surface area contributed by atoms with Crippen LogP contribution in [0.2, 0.25) is 0 Å². The van der Waals surface area contributed by atoms with Gasteiger partial charge in [-0.1, -0.05) is 45.4 Å². The lowest BCUT2D eigenvalue weighted by Crippen LogP contribution is -2.00. The lowest BCUT2D eigenvalue weighted by molar-refractivity contribution is 0.158. The molecule has 96 valence electrons. The van der Waals surface area contributed by atoms with Crippen LogP contribution < -0.4 is 0 Å². The van der Waals surface area contributed by atoms with E-state index in [0.717, 1.165) is 19.0 Å². The van der Waals surface area contributed by atoms with Gasteiger partial charge in [-0.05, 0) is 18.6 Å². The van der Waals surface area contributed by atoms with Crippen LogP contribution in [0.1, 0.15) is 63.7 Å². The van der Waals surface area contributed by atoms with E-state index in [2.05, 4.69) is 11.9 Å². The van der Waals surface area contributed by atoms with Gasteiger partial charge in [-0.3, -0.25) is 4.98 Å². The molecular weight excluding hydrogens is 217 g/mol. The lowest BCUT2D eigenvalue weighted by atomic mass is 10.1. The minimum absolute atomic E-state index is 0.361. The molecule has 1 rings (SSSR count). The van der Waals surface area contributed by atoms with Crippen molar-refractivity contribution in [3.63, 3.8) is 0 Å². The normalized spacial score (nSPS) is 12.6. The van der Waals surface area contributed by atoms with Gasteiger partial charge in [-0.25, -0.2) is 4.39 Å². The molecule has 1 N–H and O–H groups in total. The molecule has 0 aliphatic rings. The molecule has 0 aliphatic heterocycles. The summed E-state index contributed by atoms with van der Waals surface area (Å²) in [6.45, 7) is 2.20. The SMILES string of the molecule is CCCCCCCCC(O)c1ccc(F)cn1. The molecule has 0 aliphatic carbocycles. The molecule has 1 aromatic heterocycles. The van der Waals surface area contributed by atoms with E-state index in [1.165, 1.54) is 31.7 Å². The van der Waals surface area contributed by atoms with Crippen LogP contribution in [0.15, 0.2) is 18.3 Å². The molecule has 0 radical (unpaired) electrons. The summed E-state index contributed by atoms with van der Waals surface area (Å²) in [6.07, 6.45) is 8.53. The molecule has 17 heavy (non-hydrogen) atoms. The van der Waals surface area contributed by atoms with Crippen molar-refractivity contribution in [1.82, 2.24) is 4.98 Å². The van der Waals surface area contributed by atoms with E-state index in [1.807, 2.05) is 0 Å². The van der Waals surface area contributed by atoms with E-state index in [1.54, 1.807) is 6.07 Å². The van der Waals surface area contributed by atoms with Gasteiger partial charge in [0, 0.05) is 0 Å². The lowest BCUT2D eigenvalue weighted by Gasteiger charge is -2.09. The first-order chi connectivity index (χ1) is 8.24. The van der Waals surface area contributed by atoms with E-state index >= 15 is 0 Å². The Morgan fingerprint density at radius 3 is 2.53 bits per heavy atom. The number of nitrogens with zero attached hydrogens (tertiary/aromatic N) is 1. The Morgan fingerprint density at radius 2 is 1.88 bits per heavy atom. The van der Waals surface area contributed by atoms with Gasteiger partial charge in [0.05, 0.1) is 18.0 Å². The molecule has 1 atom stereocenters. The van der Waals surface area contributed by atoms with Gasteiger partial charge in [-0.15, -0.1) is 0 Å². The first kappa shape index (κ1) is 14.1. The first-order valence-electron chi connectivity index (χ1n) is 6.53. The van der Waals surface area contributed by atoms with Gasteiger partial charge in [0.15, 0.2) is 0 Å². The van der Waals surface area contributed by atoms with Crippen LogP contribution in [0, 0.1) is 5.82 Å². The van der Waals surface area contributed by atoms with E-state index in [0.29, 0.717) is 12.1 Å². The number of aromatic nitrogens is 1. The van der Waals surface area contributed by atoms with Gasteiger partial charge < -0.3 is 5.11 Å². The fraction of sp³-hybridized carbons (Fsp3) is 0.643. The van der Waals surface area contributed by atoms with Crippen LogP contribution in [0.3, 0.4) is 0 Å².